The van der Waals surface area contributed by atoms with Gasteiger partial charge in [-0.3, -0.25) is 0 Å². The molecular formula is C18H18As6Zr. The van der Waals surface area contributed by atoms with Crippen molar-refractivity contribution < 1.29 is 26.2 Å². The predicted molar refractivity (Wildman–Crippen MR) is 113 cm³/mol. The minimum absolute atomic E-state index is 0. The van der Waals surface area contributed by atoms with Crippen LogP contribution in [0.4, 0.5) is 0 Å². The number of rotatable bonds is 3. The zero-order chi connectivity index (χ0) is 16.7. The van der Waals surface area contributed by atoms with Crippen LogP contribution in [0.2, 0.25) is 0 Å². The van der Waals surface area contributed by atoms with Gasteiger partial charge in [-0.25, -0.2) is 0 Å². The van der Waals surface area contributed by atoms with E-state index in [9.17, 15) is 0 Å². The topological polar surface area (TPSA) is 0 Å². The van der Waals surface area contributed by atoms with Gasteiger partial charge in [-0.15, -0.1) is 0 Å². The molecule has 2 heterocycles. The van der Waals surface area contributed by atoms with Crippen LogP contribution in [0.5, 0.6) is 0 Å². The third-order valence-electron chi connectivity index (χ3n) is 2.98. The Labute approximate surface area is 202 Å². The summed E-state index contributed by atoms with van der Waals surface area (Å²) >= 11 is 4.28. The van der Waals surface area contributed by atoms with E-state index in [0.29, 0.717) is 53.6 Å². The SMILES string of the molecule is [C-]1=C[AsH][As]=[As]1.[C-]1=C[AsH][As]=[As]1.[Zr+2].c1ccc(CCc2ccccc2)cc1. The van der Waals surface area contributed by atoms with E-state index >= 15 is 0 Å². The summed E-state index contributed by atoms with van der Waals surface area (Å²) in [6, 6.07) is 21.2. The van der Waals surface area contributed by atoms with E-state index < -0.39 is 0 Å². The molecule has 2 atom stereocenters. The summed E-state index contributed by atoms with van der Waals surface area (Å²) in [5.41, 5.74) is 2.83. The maximum Gasteiger partial charge on any atom is 2.00 e. The van der Waals surface area contributed by atoms with Crippen molar-refractivity contribution in [2.24, 2.45) is 0 Å². The first-order valence-electron chi connectivity index (χ1n) is 7.48. The number of benzene rings is 2. The van der Waals surface area contributed by atoms with Crippen molar-refractivity contribution in [1.82, 2.24) is 0 Å². The second-order valence-corrected chi connectivity index (χ2v) is 46.7. The van der Waals surface area contributed by atoms with Crippen LogP contribution in [-0.2, 0) is 39.0 Å². The second kappa shape index (κ2) is 18.2. The van der Waals surface area contributed by atoms with E-state index in [-0.39, 0.29) is 26.2 Å². The minimum Gasteiger partial charge on any atom is -0.0622 e. The van der Waals surface area contributed by atoms with Crippen molar-refractivity contribution in [3.63, 3.8) is 0 Å². The zero-order valence-corrected chi connectivity index (χ0v) is 27.8. The van der Waals surface area contributed by atoms with Crippen LogP contribution in [0.1, 0.15) is 11.1 Å². The van der Waals surface area contributed by atoms with E-state index in [1.165, 1.54) is 11.1 Å². The molecule has 0 saturated carbocycles. The van der Waals surface area contributed by atoms with Gasteiger partial charge in [0, 0.05) is 0 Å². The van der Waals surface area contributed by atoms with Gasteiger partial charge >= 0.3 is 121 Å². The second-order valence-electron chi connectivity index (χ2n) is 4.68. The summed E-state index contributed by atoms with van der Waals surface area (Å²) in [4.78, 5) is 11.2. The van der Waals surface area contributed by atoms with Gasteiger partial charge in [-0.1, -0.05) is 60.7 Å². The molecule has 2 aromatic carbocycles. The van der Waals surface area contributed by atoms with Crippen LogP contribution in [0.15, 0.2) is 70.4 Å². The van der Waals surface area contributed by atoms with Gasteiger partial charge in [-0.05, 0) is 24.0 Å². The average Bonchev–Trinajstić information content (AvgIpc) is 3.40. The largest absolute Gasteiger partial charge is 2.00 e. The van der Waals surface area contributed by atoms with Gasteiger partial charge in [0.05, 0.1) is 0 Å². The van der Waals surface area contributed by atoms with Crippen LogP contribution in [-0.4, -0.2) is 75.8 Å². The van der Waals surface area contributed by atoms with Gasteiger partial charge < -0.3 is 0 Å². The van der Waals surface area contributed by atoms with E-state index in [1.807, 2.05) is 0 Å². The van der Waals surface area contributed by atoms with E-state index in [0.717, 1.165) is 35.0 Å². The van der Waals surface area contributed by atoms with E-state index in [4.69, 9.17) is 0 Å². The first-order valence-corrected chi connectivity index (χ1v) is 33.8. The molecule has 0 aliphatic carbocycles. The third-order valence-corrected chi connectivity index (χ3v) is 42.7. The summed E-state index contributed by atoms with van der Waals surface area (Å²) in [5, 5.41) is 0. The van der Waals surface area contributed by atoms with Gasteiger partial charge in [0.25, 0.3) is 0 Å². The van der Waals surface area contributed by atoms with E-state index in [1.54, 1.807) is 0 Å². The van der Waals surface area contributed by atoms with Crippen LogP contribution >= 0.6 is 0 Å². The summed E-state index contributed by atoms with van der Waals surface area (Å²) in [6.45, 7) is 0. The molecule has 2 aromatic rings. The fourth-order valence-corrected chi connectivity index (χ4v) is 42.1. The van der Waals surface area contributed by atoms with Crippen LogP contribution < -0.4 is 0 Å². The van der Waals surface area contributed by atoms with Gasteiger partial charge in [0.1, 0.15) is 0 Å². The van der Waals surface area contributed by atoms with Crippen molar-refractivity contribution >= 4 is 75.8 Å². The molecule has 2 unspecified atom stereocenters. The average molecular weight is 775 g/mol. The number of hydrogen-bond acceptors (Lipinski definition) is 0. The summed E-state index contributed by atoms with van der Waals surface area (Å²) in [5.74, 6) is 0. The minimum atomic E-state index is 0. The Bertz CT molecular complexity index is 602. The van der Waals surface area contributed by atoms with Crippen molar-refractivity contribution in [1.29, 1.82) is 0 Å². The molecule has 0 nitrogen and oxygen atoms in total. The summed E-state index contributed by atoms with van der Waals surface area (Å²) < 4.78 is 0. The Morgan fingerprint density at radius 2 is 1.04 bits per heavy atom. The van der Waals surface area contributed by atoms with Crippen molar-refractivity contribution in [2.45, 2.75) is 12.8 Å². The molecule has 0 radical (unpaired) electrons. The van der Waals surface area contributed by atoms with Crippen molar-refractivity contribution in [3.05, 3.63) is 91.2 Å². The smallest absolute Gasteiger partial charge is 0.0622 e. The Kier molecular flexibility index (Phi) is 18.3. The van der Waals surface area contributed by atoms with Crippen LogP contribution in [0.3, 0.4) is 0 Å². The Morgan fingerprint density at radius 1 is 0.640 bits per heavy atom. The first kappa shape index (κ1) is 25.2. The van der Waals surface area contributed by atoms with Gasteiger partial charge in [-0.2, -0.15) is 0 Å². The molecule has 4 rings (SSSR count). The quantitative estimate of drug-likeness (QED) is 0.327. The van der Waals surface area contributed by atoms with E-state index in [2.05, 4.69) is 80.1 Å². The molecule has 124 valence electrons. The molecule has 0 spiro atoms. The number of hydrogen-bond donors (Lipinski definition) is 0. The first-order chi connectivity index (χ1) is 11.9. The summed E-state index contributed by atoms with van der Waals surface area (Å²) in [7, 11) is 0. The predicted octanol–water partition coefficient (Wildman–Crippen LogP) is 1.37. The summed E-state index contributed by atoms with van der Waals surface area (Å²) in [6.07, 6.45) is 2.26. The van der Waals surface area contributed by atoms with Crippen LogP contribution in [0, 0.1) is 9.73 Å². The van der Waals surface area contributed by atoms with Crippen LogP contribution in [0.25, 0.3) is 0 Å². The van der Waals surface area contributed by atoms with Crippen molar-refractivity contribution in [3.8, 4) is 0 Å². The molecule has 0 fully saturated rings. The maximum atomic E-state index is 3.29. The van der Waals surface area contributed by atoms with Crippen molar-refractivity contribution in [2.75, 3.05) is 0 Å². The van der Waals surface area contributed by atoms with Gasteiger partial charge in [0.2, 0.25) is 0 Å². The molecular weight excluding hydrogens is 757 g/mol. The molecule has 0 bridgehead atoms. The maximum absolute atomic E-state index is 3.29. The number of aryl methyl sites for hydroxylation is 2. The Morgan fingerprint density at radius 3 is 1.28 bits per heavy atom. The monoisotopic (exact) mass is 774 g/mol. The Balaban J connectivity index is 0.000000233. The third kappa shape index (κ3) is 13.9. The normalized spacial score (nSPS) is 17.1. The molecule has 0 saturated heterocycles. The molecule has 2 aliphatic rings. The standard InChI is InChI=1S/C14H14.2C2H2As3.Zr/c1-3-7-13(8-4-1)11-12-14-9-5-2-6-10-14;2*1-2-4-5-3-1;/h1-10H,11-12H2;2*1,3H;/q;2*-1;+2. The molecule has 7 heteroatoms. The fraction of sp³-hybridized carbons (Fsp3) is 0.111. The molecule has 0 N–H and O–H groups in total. The molecule has 2 aliphatic heterocycles. The molecule has 0 aromatic heterocycles. The van der Waals surface area contributed by atoms with Gasteiger partial charge in [0.15, 0.2) is 0 Å². The molecule has 0 amide bonds. The molecule has 25 heavy (non-hydrogen) atoms. The zero-order valence-electron chi connectivity index (χ0n) is 13.6. The fourth-order valence-electron chi connectivity index (χ4n) is 1.87. The Hall–Kier alpha value is 2.15.